The SMILES string of the molecule is CC(OC[C@H]1O[C@@H](n2cnc3c(N)ncnc32)C[C@@H]1O)c1ccc(C#CCNC(=O)C(F)(F)F)cc1[N+](=O)[O-]. The van der Waals surface area contributed by atoms with E-state index in [2.05, 4.69) is 26.8 Å². The van der Waals surface area contributed by atoms with Gasteiger partial charge in [-0.1, -0.05) is 11.8 Å². The van der Waals surface area contributed by atoms with Crippen LogP contribution in [0.1, 0.15) is 36.8 Å². The third-order valence-corrected chi connectivity index (χ3v) is 5.90. The maximum absolute atomic E-state index is 12.2. The molecule has 39 heavy (non-hydrogen) atoms. The van der Waals surface area contributed by atoms with Gasteiger partial charge in [-0.2, -0.15) is 13.2 Å². The van der Waals surface area contributed by atoms with Gasteiger partial charge < -0.3 is 25.6 Å². The Kier molecular flexibility index (Phi) is 7.95. The summed E-state index contributed by atoms with van der Waals surface area (Å²) in [5.41, 5.74) is 6.71. The number of benzene rings is 1. The Hall–Kier alpha value is -4.33. The summed E-state index contributed by atoms with van der Waals surface area (Å²) in [6, 6.07) is 4.01. The van der Waals surface area contributed by atoms with Gasteiger partial charge in [0.25, 0.3) is 5.69 Å². The minimum atomic E-state index is -5.03. The number of carbonyl (C=O) groups is 1. The molecule has 1 unspecified atom stereocenters. The highest BCUT2D eigenvalue weighted by atomic mass is 19.4. The van der Waals surface area contributed by atoms with Crippen molar-refractivity contribution in [2.24, 2.45) is 0 Å². The number of aliphatic hydroxyl groups excluding tert-OH is 1. The molecule has 3 heterocycles. The van der Waals surface area contributed by atoms with Crippen LogP contribution in [0, 0.1) is 22.0 Å². The van der Waals surface area contributed by atoms with Gasteiger partial charge in [0.1, 0.15) is 24.2 Å². The zero-order valence-electron chi connectivity index (χ0n) is 20.3. The van der Waals surface area contributed by atoms with Crippen LogP contribution in [0.3, 0.4) is 0 Å². The molecule has 0 spiro atoms. The zero-order valence-corrected chi connectivity index (χ0v) is 20.3. The van der Waals surface area contributed by atoms with Crippen LogP contribution in [0.2, 0.25) is 0 Å². The molecule has 2 aromatic heterocycles. The average molecular weight is 549 g/mol. The quantitative estimate of drug-likeness (QED) is 0.223. The lowest BCUT2D eigenvalue weighted by atomic mass is 10.0. The number of nitrogens with zero attached hydrogens (tertiary/aromatic N) is 5. The number of amides is 1. The van der Waals surface area contributed by atoms with Crippen LogP contribution in [0.4, 0.5) is 24.7 Å². The molecular formula is C23H22F3N7O6. The van der Waals surface area contributed by atoms with Gasteiger partial charge in [0.05, 0.1) is 42.2 Å². The van der Waals surface area contributed by atoms with E-state index < -0.39 is 48.1 Å². The number of nitro benzene ring substituents is 1. The van der Waals surface area contributed by atoms with Gasteiger partial charge >= 0.3 is 12.1 Å². The molecule has 1 aliphatic rings. The Balaban J connectivity index is 1.39. The monoisotopic (exact) mass is 549 g/mol. The van der Waals surface area contributed by atoms with Crippen molar-refractivity contribution in [3.05, 3.63) is 52.1 Å². The first kappa shape index (κ1) is 27.7. The fourth-order valence-electron chi connectivity index (χ4n) is 3.94. The Morgan fingerprint density at radius 2 is 2.18 bits per heavy atom. The van der Waals surface area contributed by atoms with Crippen LogP contribution in [0.15, 0.2) is 30.9 Å². The van der Waals surface area contributed by atoms with Crippen molar-refractivity contribution in [1.82, 2.24) is 24.8 Å². The molecule has 1 amide bonds. The molecule has 1 saturated heterocycles. The molecule has 4 rings (SSSR count). The van der Waals surface area contributed by atoms with Gasteiger partial charge in [-0.25, -0.2) is 15.0 Å². The molecule has 0 saturated carbocycles. The second-order valence-electron chi connectivity index (χ2n) is 8.50. The van der Waals surface area contributed by atoms with Crippen LogP contribution < -0.4 is 11.1 Å². The van der Waals surface area contributed by atoms with Crippen LogP contribution in [-0.2, 0) is 14.3 Å². The second-order valence-corrected chi connectivity index (χ2v) is 8.50. The topological polar surface area (TPSA) is 181 Å². The third kappa shape index (κ3) is 6.22. The Bertz CT molecular complexity index is 1450. The number of nitrogen functional groups attached to an aromatic ring is 1. The van der Waals surface area contributed by atoms with Crippen molar-refractivity contribution >= 4 is 28.6 Å². The van der Waals surface area contributed by atoms with Gasteiger partial charge in [-0.05, 0) is 19.1 Å². The average Bonchev–Trinajstić information content (AvgIpc) is 3.48. The van der Waals surface area contributed by atoms with E-state index in [9.17, 15) is 33.2 Å². The summed E-state index contributed by atoms with van der Waals surface area (Å²) in [5.74, 6) is 2.86. The predicted octanol–water partition coefficient (Wildman–Crippen LogP) is 1.77. The number of ether oxygens (including phenoxy) is 2. The van der Waals surface area contributed by atoms with E-state index in [0.717, 1.165) is 6.07 Å². The molecule has 0 bridgehead atoms. The maximum Gasteiger partial charge on any atom is 0.471 e. The number of imidazole rings is 1. The number of aliphatic hydroxyl groups is 1. The summed E-state index contributed by atoms with van der Waals surface area (Å²) in [4.78, 5) is 34.1. The fourth-order valence-corrected chi connectivity index (χ4v) is 3.94. The van der Waals surface area contributed by atoms with Crippen molar-refractivity contribution in [3.8, 4) is 11.8 Å². The number of hydrogen-bond acceptors (Lipinski definition) is 10. The van der Waals surface area contributed by atoms with Crippen molar-refractivity contribution in [2.75, 3.05) is 18.9 Å². The molecular weight excluding hydrogens is 527 g/mol. The van der Waals surface area contributed by atoms with Gasteiger partial charge in [0.2, 0.25) is 0 Å². The van der Waals surface area contributed by atoms with Crippen molar-refractivity contribution in [1.29, 1.82) is 0 Å². The van der Waals surface area contributed by atoms with Crippen molar-refractivity contribution < 1.29 is 37.5 Å². The fraction of sp³-hybridized carbons (Fsp3) is 0.391. The number of nitrogens with two attached hydrogens (primary N) is 1. The lowest BCUT2D eigenvalue weighted by molar-refractivity contribution is -0.386. The van der Waals surface area contributed by atoms with Gasteiger partial charge in [-0.15, -0.1) is 0 Å². The number of anilines is 1. The molecule has 1 aliphatic heterocycles. The van der Waals surface area contributed by atoms with Gasteiger partial charge in [-0.3, -0.25) is 19.5 Å². The number of alkyl halides is 3. The first-order valence-electron chi connectivity index (χ1n) is 11.5. The standard InChI is InChI=1S/C23H22F3N7O6/c1-12(14-5-4-13(7-15(14)33(36)37)3-2-6-28-22(35)23(24,25)26)38-9-17-16(34)8-18(39-17)32-11-31-19-20(27)29-10-30-21(19)32/h4-5,7,10-12,16-18,34H,6,8-9H2,1H3,(H,28,35)(H2,27,29,30)/t12?,16-,17+,18+/m0/s1. The number of fused-ring (bicyclic) bond motifs is 1. The molecule has 4 N–H and O–H groups in total. The first-order chi connectivity index (χ1) is 18.5. The molecule has 1 fully saturated rings. The third-order valence-electron chi connectivity index (χ3n) is 5.90. The molecule has 0 aliphatic carbocycles. The van der Waals surface area contributed by atoms with E-state index in [1.807, 2.05) is 0 Å². The summed E-state index contributed by atoms with van der Waals surface area (Å²) in [7, 11) is 0. The summed E-state index contributed by atoms with van der Waals surface area (Å²) in [6.07, 6.45) is -5.07. The number of halogens is 3. The zero-order chi connectivity index (χ0) is 28.3. The van der Waals surface area contributed by atoms with E-state index >= 15 is 0 Å². The van der Waals surface area contributed by atoms with E-state index in [1.54, 1.807) is 16.8 Å². The van der Waals surface area contributed by atoms with Crippen LogP contribution >= 0.6 is 0 Å². The predicted molar refractivity (Wildman–Crippen MR) is 128 cm³/mol. The molecule has 4 atom stereocenters. The molecule has 16 heteroatoms. The van der Waals surface area contributed by atoms with Gasteiger partial charge in [0.15, 0.2) is 11.5 Å². The van der Waals surface area contributed by atoms with Crippen LogP contribution in [0.5, 0.6) is 0 Å². The Morgan fingerprint density at radius 3 is 2.90 bits per heavy atom. The molecule has 13 nitrogen and oxygen atoms in total. The molecule has 1 aromatic carbocycles. The van der Waals surface area contributed by atoms with Crippen molar-refractivity contribution in [3.63, 3.8) is 0 Å². The number of rotatable bonds is 7. The van der Waals surface area contributed by atoms with E-state index in [0.29, 0.717) is 11.2 Å². The highest BCUT2D eigenvalue weighted by Crippen LogP contribution is 2.33. The lowest BCUT2D eigenvalue weighted by Crippen LogP contribution is -2.36. The number of nitro groups is 1. The number of aromatic nitrogens is 4. The number of nitrogens with one attached hydrogen (secondary N) is 1. The maximum atomic E-state index is 12.2. The normalized spacial score (nSPS) is 19.9. The second kappa shape index (κ2) is 11.2. The minimum absolute atomic E-state index is 0.0831. The molecule has 0 radical (unpaired) electrons. The highest BCUT2D eigenvalue weighted by Gasteiger charge is 2.38. The first-order valence-corrected chi connectivity index (χ1v) is 11.5. The number of carbonyl (C=O) groups excluding carboxylic acids is 1. The van der Waals surface area contributed by atoms with Crippen LogP contribution in [-0.4, -0.2) is 67.0 Å². The summed E-state index contributed by atoms with van der Waals surface area (Å²) >= 11 is 0. The summed E-state index contributed by atoms with van der Waals surface area (Å²) in [6.45, 7) is 0.912. The Labute approximate surface area is 218 Å². The smallest absolute Gasteiger partial charge is 0.390 e. The summed E-state index contributed by atoms with van der Waals surface area (Å²) in [5, 5.41) is 23.8. The minimum Gasteiger partial charge on any atom is -0.390 e. The largest absolute Gasteiger partial charge is 0.471 e. The van der Waals surface area contributed by atoms with Crippen LogP contribution in [0.25, 0.3) is 11.2 Å². The lowest BCUT2D eigenvalue weighted by Gasteiger charge is -2.19. The highest BCUT2D eigenvalue weighted by molar-refractivity contribution is 5.82. The Morgan fingerprint density at radius 1 is 1.41 bits per heavy atom. The number of hydrogen-bond donors (Lipinski definition) is 3. The molecule has 206 valence electrons. The van der Waals surface area contributed by atoms with Crippen molar-refractivity contribution in [2.45, 2.75) is 44.1 Å². The summed E-state index contributed by atoms with van der Waals surface area (Å²) < 4.78 is 50.0. The van der Waals surface area contributed by atoms with Gasteiger partial charge in [0, 0.05) is 18.1 Å². The molecule has 3 aromatic rings. The van der Waals surface area contributed by atoms with E-state index in [-0.39, 0.29) is 35.7 Å². The van der Waals surface area contributed by atoms with E-state index in [1.165, 1.54) is 24.8 Å². The van der Waals surface area contributed by atoms with E-state index in [4.69, 9.17) is 15.2 Å².